The van der Waals surface area contributed by atoms with Gasteiger partial charge in [-0.3, -0.25) is 9.59 Å². The van der Waals surface area contributed by atoms with Crippen molar-refractivity contribution < 1.29 is 18.1 Å². The number of hydrogen-bond acceptors (Lipinski definition) is 6. The summed E-state index contributed by atoms with van der Waals surface area (Å²) in [6.45, 7) is 3.24. The monoisotopic (exact) mass is 442 g/mol. The zero-order chi connectivity index (χ0) is 22.1. The van der Waals surface area contributed by atoms with E-state index in [2.05, 4.69) is 15.6 Å². The van der Waals surface area contributed by atoms with Gasteiger partial charge in [0.05, 0.1) is 21.8 Å². The summed E-state index contributed by atoms with van der Waals surface area (Å²) in [5.74, 6) is -1.98. The summed E-state index contributed by atoms with van der Waals surface area (Å²) in [6.07, 6.45) is 0. The van der Waals surface area contributed by atoms with E-state index in [0.717, 1.165) is 26.6 Å². The minimum atomic E-state index is -0.917. The summed E-state index contributed by atoms with van der Waals surface area (Å²) in [5.41, 5.74) is 0.814. The van der Waals surface area contributed by atoms with Crippen LogP contribution in [0.5, 0.6) is 0 Å². The van der Waals surface area contributed by atoms with Gasteiger partial charge in [-0.2, -0.15) is 5.10 Å². The summed E-state index contributed by atoms with van der Waals surface area (Å²) in [7, 11) is 0. The molecule has 0 fully saturated rings. The number of hydrogen-bond donors (Lipinski definition) is 1. The van der Waals surface area contributed by atoms with Crippen LogP contribution in [0.1, 0.15) is 10.6 Å². The van der Waals surface area contributed by atoms with Crippen LogP contribution in [-0.2, 0) is 11.3 Å². The number of thiophene rings is 1. The molecule has 0 saturated carbocycles. The Morgan fingerprint density at radius 1 is 1.16 bits per heavy atom. The van der Waals surface area contributed by atoms with Crippen LogP contribution >= 0.6 is 11.3 Å². The van der Waals surface area contributed by atoms with E-state index in [1.165, 1.54) is 17.4 Å². The maximum atomic E-state index is 13.8. The number of amides is 1. The van der Waals surface area contributed by atoms with Crippen molar-refractivity contribution >= 4 is 22.9 Å². The third-order valence-electron chi connectivity index (χ3n) is 4.36. The number of aromatic nitrogens is 3. The number of anilines is 1. The molecule has 31 heavy (non-hydrogen) atoms. The van der Waals surface area contributed by atoms with Crippen LogP contribution in [-0.4, -0.2) is 20.8 Å². The minimum absolute atomic E-state index is 0.192. The Balaban J connectivity index is 1.70. The highest BCUT2D eigenvalue weighted by Crippen LogP contribution is 2.33. The third kappa shape index (κ3) is 4.43. The fraction of sp³-hybridized carbons (Fsp3) is 0.143. The summed E-state index contributed by atoms with van der Waals surface area (Å²) < 4.78 is 33.1. The van der Waals surface area contributed by atoms with Crippen molar-refractivity contribution in [3.05, 3.63) is 75.0 Å². The van der Waals surface area contributed by atoms with Crippen molar-refractivity contribution in [3.63, 3.8) is 0 Å². The van der Waals surface area contributed by atoms with Crippen molar-refractivity contribution in [3.8, 4) is 21.9 Å². The smallest absolute Gasteiger partial charge is 0.268 e. The Morgan fingerprint density at radius 2 is 1.97 bits per heavy atom. The van der Waals surface area contributed by atoms with Crippen LogP contribution in [0.4, 0.5) is 14.5 Å². The zero-order valence-electron chi connectivity index (χ0n) is 16.5. The highest BCUT2D eigenvalue weighted by Gasteiger charge is 2.19. The summed E-state index contributed by atoms with van der Waals surface area (Å²) in [5, 5.41) is 10.6. The van der Waals surface area contributed by atoms with Crippen LogP contribution in [0.2, 0.25) is 0 Å². The van der Waals surface area contributed by atoms with Gasteiger partial charge in [0, 0.05) is 23.1 Å². The van der Waals surface area contributed by atoms with E-state index in [9.17, 15) is 18.4 Å². The molecule has 0 saturated heterocycles. The molecule has 3 heterocycles. The molecule has 1 aromatic carbocycles. The number of carbonyl (C=O) groups is 1. The average molecular weight is 442 g/mol. The second-order valence-electron chi connectivity index (χ2n) is 6.82. The van der Waals surface area contributed by atoms with Gasteiger partial charge in [-0.1, -0.05) is 5.16 Å². The summed E-state index contributed by atoms with van der Waals surface area (Å²) in [4.78, 5) is 26.8. The Kier molecular flexibility index (Phi) is 5.47. The highest BCUT2D eigenvalue weighted by atomic mass is 32.1. The fourth-order valence-corrected chi connectivity index (χ4v) is 3.81. The first kappa shape index (κ1) is 20.6. The van der Waals surface area contributed by atoms with Gasteiger partial charge in [0.15, 0.2) is 5.76 Å². The van der Waals surface area contributed by atoms with E-state index >= 15 is 0 Å². The van der Waals surface area contributed by atoms with Gasteiger partial charge in [-0.05, 0) is 38.1 Å². The van der Waals surface area contributed by atoms with E-state index in [1.807, 2.05) is 19.1 Å². The normalized spacial score (nSPS) is 11.0. The van der Waals surface area contributed by atoms with Gasteiger partial charge in [0.1, 0.15) is 23.9 Å². The minimum Gasteiger partial charge on any atom is -0.356 e. The van der Waals surface area contributed by atoms with Crippen molar-refractivity contribution in [1.82, 2.24) is 14.9 Å². The number of benzene rings is 1. The molecule has 0 spiro atoms. The lowest BCUT2D eigenvalue weighted by Crippen LogP contribution is -2.30. The second kappa shape index (κ2) is 8.23. The first-order chi connectivity index (χ1) is 14.8. The molecular weight excluding hydrogens is 426 g/mol. The lowest BCUT2D eigenvalue weighted by molar-refractivity contribution is -0.117. The largest absolute Gasteiger partial charge is 0.356 e. The number of nitrogens with zero attached hydrogens (tertiary/aromatic N) is 3. The Morgan fingerprint density at radius 3 is 2.61 bits per heavy atom. The lowest BCUT2D eigenvalue weighted by Gasteiger charge is -2.10. The van der Waals surface area contributed by atoms with Gasteiger partial charge >= 0.3 is 0 Å². The van der Waals surface area contributed by atoms with Crippen LogP contribution in [0.3, 0.4) is 0 Å². The molecule has 10 heteroatoms. The maximum Gasteiger partial charge on any atom is 0.268 e. The maximum absolute atomic E-state index is 13.8. The Labute approximate surface area is 178 Å². The van der Waals surface area contributed by atoms with E-state index in [-0.39, 0.29) is 5.69 Å². The van der Waals surface area contributed by atoms with Crippen LogP contribution in [0, 0.1) is 25.5 Å². The Hall–Kier alpha value is -3.66. The molecule has 1 amide bonds. The van der Waals surface area contributed by atoms with Gasteiger partial charge in [-0.25, -0.2) is 13.5 Å². The quantitative estimate of drug-likeness (QED) is 0.501. The van der Waals surface area contributed by atoms with Crippen molar-refractivity contribution in [2.45, 2.75) is 20.4 Å². The molecule has 3 aromatic heterocycles. The zero-order valence-corrected chi connectivity index (χ0v) is 17.3. The number of halogens is 2. The molecule has 0 atom stereocenters. The lowest BCUT2D eigenvalue weighted by atomic mass is 10.1. The third-order valence-corrected chi connectivity index (χ3v) is 5.37. The standard InChI is InChI=1S/C21H16F2N4O3S/c1-11-7-17(30-26-11)14-9-20(29)27(25-21(14)18-6-3-12(2)31-18)10-19(28)24-16-5-4-13(22)8-15(16)23/h3-9H,10H2,1-2H3,(H,24,28). The van der Waals surface area contributed by atoms with Gasteiger partial charge < -0.3 is 9.84 Å². The van der Waals surface area contributed by atoms with Crippen LogP contribution < -0.4 is 10.9 Å². The Bertz CT molecular complexity index is 1340. The number of nitrogens with one attached hydrogen (secondary N) is 1. The molecule has 7 nitrogen and oxygen atoms in total. The van der Waals surface area contributed by atoms with Crippen molar-refractivity contribution in [2.24, 2.45) is 0 Å². The SMILES string of the molecule is Cc1cc(-c2cc(=O)n(CC(=O)Nc3ccc(F)cc3F)nc2-c2ccc(C)s2)on1. The van der Waals surface area contributed by atoms with E-state index in [4.69, 9.17) is 4.52 Å². The molecule has 0 aliphatic carbocycles. The predicted molar refractivity (Wildman–Crippen MR) is 112 cm³/mol. The molecule has 0 aliphatic heterocycles. The van der Waals surface area contributed by atoms with Crippen molar-refractivity contribution in [2.75, 3.05) is 5.32 Å². The first-order valence-corrected chi connectivity index (χ1v) is 9.99. The van der Waals surface area contributed by atoms with E-state index in [0.29, 0.717) is 28.8 Å². The molecule has 0 unspecified atom stereocenters. The van der Waals surface area contributed by atoms with Gasteiger partial charge in [0.2, 0.25) is 5.91 Å². The molecule has 4 rings (SSSR count). The molecular formula is C21H16F2N4O3S. The second-order valence-corrected chi connectivity index (χ2v) is 8.11. The van der Waals surface area contributed by atoms with Gasteiger partial charge in [0.25, 0.3) is 5.56 Å². The topological polar surface area (TPSA) is 90.0 Å². The summed E-state index contributed by atoms with van der Waals surface area (Å²) in [6, 6.07) is 9.57. The molecule has 0 aliphatic rings. The average Bonchev–Trinajstić information content (AvgIpc) is 3.33. The fourth-order valence-electron chi connectivity index (χ4n) is 2.94. The van der Waals surface area contributed by atoms with E-state index in [1.54, 1.807) is 13.0 Å². The molecule has 0 radical (unpaired) electrons. The molecule has 1 N–H and O–H groups in total. The van der Waals surface area contributed by atoms with Crippen LogP contribution in [0.15, 0.2) is 51.8 Å². The number of rotatable bonds is 5. The molecule has 158 valence electrons. The first-order valence-electron chi connectivity index (χ1n) is 9.18. The number of carbonyl (C=O) groups excluding carboxylic acids is 1. The van der Waals surface area contributed by atoms with Gasteiger partial charge in [-0.15, -0.1) is 11.3 Å². The highest BCUT2D eigenvalue weighted by molar-refractivity contribution is 7.15. The van der Waals surface area contributed by atoms with Crippen molar-refractivity contribution in [1.29, 1.82) is 0 Å². The number of aryl methyl sites for hydroxylation is 2. The summed E-state index contributed by atoms with van der Waals surface area (Å²) >= 11 is 1.47. The molecule has 4 aromatic rings. The van der Waals surface area contributed by atoms with E-state index < -0.39 is 29.6 Å². The predicted octanol–water partition coefficient (Wildman–Crippen LogP) is 4.16. The van der Waals surface area contributed by atoms with Crippen LogP contribution in [0.25, 0.3) is 21.9 Å². The molecule has 0 bridgehead atoms.